The third-order valence-corrected chi connectivity index (χ3v) is 3.75. The molecule has 1 aromatic heterocycles. The van der Waals surface area contributed by atoms with Crippen LogP contribution in [0.3, 0.4) is 0 Å². The van der Waals surface area contributed by atoms with Crippen LogP contribution in [0.2, 0.25) is 0 Å². The lowest BCUT2D eigenvalue weighted by molar-refractivity contribution is -0.392. The van der Waals surface area contributed by atoms with Gasteiger partial charge in [-0.15, -0.1) is 0 Å². The van der Waals surface area contributed by atoms with Gasteiger partial charge in [0.05, 0.1) is 12.6 Å². The molecule has 1 unspecified atom stereocenters. The van der Waals surface area contributed by atoms with Gasteiger partial charge in [-0.2, -0.15) is 0 Å². The Morgan fingerprint density at radius 1 is 1.45 bits per heavy atom. The van der Waals surface area contributed by atoms with Crippen LogP contribution >= 0.6 is 0 Å². The van der Waals surface area contributed by atoms with Crippen molar-refractivity contribution in [3.05, 3.63) is 34.0 Å². The molecule has 0 aromatic carbocycles. The molecule has 1 amide bonds. The van der Waals surface area contributed by atoms with Crippen LogP contribution in [0.15, 0.2) is 18.0 Å². The van der Waals surface area contributed by atoms with Gasteiger partial charge in [0.15, 0.2) is 5.82 Å². The van der Waals surface area contributed by atoms with Crippen molar-refractivity contribution >= 4 is 11.7 Å². The van der Waals surface area contributed by atoms with E-state index < -0.39 is 4.92 Å². The quantitative estimate of drug-likeness (QED) is 0.637. The molecule has 8 heteroatoms. The molecule has 120 valence electrons. The highest BCUT2D eigenvalue weighted by atomic mass is 16.6. The van der Waals surface area contributed by atoms with E-state index in [1.807, 2.05) is 13.8 Å². The zero-order valence-electron chi connectivity index (χ0n) is 12.9. The molecular weight excluding hydrogens is 288 g/mol. The van der Waals surface area contributed by atoms with Gasteiger partial charge in [-0.3, -0.25) is 4.79 Å². The summed E-state index contributed by atoms with van der Waals surface area (Å²) in [5.41, 5.74) is 0. The molecule has 0 radical (unpaired) electrons. The predicted octanol–water partition coefficient (Wildman–Crippen LogP) is 1.80. The zero-order chi connectivity index (χ0) is 16.4. The summed E-state index contributed by atoms with van der Waals surface area (Å²) in [6.45, 7) is 6.26. The number of hydrogen-bond acceptors (Lipinski definition) is 5. The molecule has 1 atom stereocenters. The first-order chi connectivity index (χ1) is 10.3. The molecular formula is C14H20N4O4. The van der Waals surface area contributed by atoms with Gasteiger partial charge in [-0.1, -0.05) is 13.8 Å². The van der Waals surface area contributed by atoms with Gasteiger partial charge in [0.1, 0.15) is 18.5 Å². The van der Waals surface area contributed by atoms with E-state index in [9.17, 15) is 20.0 Å². The fourth-order valence-corrected chi connectivity index (χ4v) is 2.67. The highest BCUT2D eigenvalue weighted by Gasteiger charge is 2.33. The first-order valence-corrected chi connectivity index (χ1v) is 7.19. The molecule has 1 N–H and O–H groups in total. The standard InChI is InChI=1S/C14H20N4O4/c1-9(2)6-11-12(19)7-14(20)17(11)5-4-16-10(3)15-8-13(16)18(21)22/h7-9,11,19H,4-6H2,1-3H3. The van der Waals surface area contributed by atoms with E-state index in [1.54, 1.807) is 11.8 Å². The Hall–Kier alpha value is -2.38. The number of imidazole rings is 1. The molecule has 1 aliphatic heterocycles. The van der Waals surface area contributed by atoms with Crippen molar-refractivity contribution in [3.63, 3.8) is 0 Å². The Bertz CT molecular complexity index is 620. The second-order valence-corrected chi connectivity index (χ2v) is 5.82. The van der Waals surface area contributed by atoms with Gasteiger partial charge < -0.3 is 20.1 Å². The van der Waals surface area contributed by atoms with Crippen LogP contribution in [-0.4, -0.2) is 43.0 Å². The number of hydrogen-bond donors (Lipinski definition) is 1. The van der Waals surface area contributed by atoms with Gasteiger partial charge in [0.25, 0.3) is 5.91 Å². The Balaban J connectivity index is 2.12. The third-order valence-electron chi connectivity index (χ3n) is 3.75. The largest absolute Gasteiger partial charge is 0.510 e. The summed E-state index contributed by atoms with van der Waals surface area (Å²) in [6, 6.07) is -0.351. The molecule has 1 aliphatic rings. The number of rotatable bonds is 6. The van der Waals surface area contributed by atoms with Crippen molar-refractivity contribution in [2.24, 2.45) is 5.92 Å². The van der Waals surface area contributed by atoms with E-state index in [0.717, 1.165) is 0 Å². The van der Waals surface area contributed by atoms with Crippen molar-refractivity contribution < 1.29 is 14.8 Å². The average Bonchev–Trinajstić information content (AvgIpc) is 2.89. The second-order valence-electron chi connectivity index (χ2n) is 5.82. The van der Waals surface area contributed by atoms with E-state index in [4.69, 9.17) is 0 Å². The molecule has 0 saturated carbocycles. The Kier molecular flexibility index (Phi) is 4.48. The third kappa shape index (κ3) is 3.10. The topological polar surface area (TPSA) is 102 Å². The van der Waals surface area contributed by atoms with E-state index in [1.165, 1.54) is 16.8 Å². The fourth-order valence-electron chi connectivity index (χ4n) is 2.67. The van der Waals surface area contributed by atoms with Crippen molar-refractivity contribution in [2.45, 2.75) is 39.8 Å². The summed E-state index contributed by atoms with van der Waals surface area (Å²) in [6.07, 6.45) is 3.09. The van der Waals surface area contributed by atoms with Gasteiger partial charge in [-0.25, -0.2) is 9.55 Å². The lowest BCUT2D eigenvalue weighted by atomic mass is 10.0. The summed E-state index contributed by atoms with van der Waals surface area (Å²) in [7, 11) is 0. The molecule has 2 heterocycles. The summed E-state index contributed by atoms with van der Waals surface area (Å²) < 4.78 is 1.47. The zero-order valence-corrected chi connectivity index (χ0v) is 12.9. The van der Waals surface area contributed by atoms with Crippen LogP contribution in [0.4, 0.5) is 5.82 Å². The summed E-state index contributed by atoms with van der Waals surface area (Å²) in [5, 5.41) is 20.9. The predicted molar refractivity (Wildman–Crippen MR) is 79.3 cm³/mol. The molecule has 0 saturated heterocycles. The first kappa shape index (κ1) is 16.0. The molecule has 22 heavy (non-hydrogen) atoms. The Morgan fingerprint density at radius 3 is 2.73 bits per heavy atom. The van der Waals surface area contributed by atoms with Gasteiger partial charge >= 0.3 is 5.82 Å². The second kappa shape index (κ2) is 6.17. The lowest BCUT2D eigenvalue weighted by Crippen LogP contribution is -2.38. The van der Waals surface area contributed by atoms with E-state index in [0.29, 0.717) is 18.2 Å². The number of aryl methyl sites for hydroxylation is 1. The van der Waals surface area contributed by atoms with Crippen molar-refractivity contribution in [2.75, 3.05) is 6.54 Å². The highest BCUT2D eigenvalue weighted by Crippen LogP contribution is 2.24. The SMILES string of the molecule is Cc1ncc([N+](=O)[O-])n1CCN1C(=O)C=C(O)C1CC(C)C. The smallest absolute Gasteiger partial charge is 0.342 e. The molecule has 8 nitrogen and oxygen atoms in total. The minimum absolute atomic E-state index is 0.0653. The molecule has 0 aliphatic carbocycles. The van der Waals surface area contributed by atoms with Crippen LogP contribution in [-0.2, 0) is 11.3 Å². The normalized spacial score (nSPS) is 18.2. The number of nitrogens with zero attached hydrogens (tertiary/aromatic N) is 4. The van der Waals surface area contributed by atoms with E-state index >= 15 is 0 Å². The number of carbonyl (C=O) groups is 1. The number of nitro groups is 1. The maximum Gasteiger partial charge on any atom is 0.342 e. The average molecular weight is 308 g/mol. The van der Waals surface area contributed by atoms with Crippen molar-refractivity contribution in [1.29, 1.82) is 0 Å². The van der Waals surface area contributed by atoms with Gasteiger partial charge in [0, 0.05) is 13.0 Å². The lowest BCUT2D eigenvalue weighted by Gasteiger charge is -2.26. The van der Waals surface area contributed by atoms with Crippen LogP contribution in [0, 0.1) is 23.0 Å². The first-order valence-electron chi connectivity index (χ1n) is 7.19. The van der Waals surface area contributed by atoms with Crippen LogP contribution in [0.1, 0.15) is 26.1 Å². The summed E-state index contributed by atoms with van der Waals surface area (Å²) in [5.74, 6) is 0.551. The number of amides is 1. The van der Waals surface area contributed by atoms with Crippen molar-refractivity contribution in [1.82, 2.24) is 14.5 Å². The van der Waals surface area contributed by atoms with Gasteiger partial charge in [0.2, 0.25) is 0 Å². The Labute approximate surface area is 128 Å². The van der Waals surface area contributed by atoms with Crippen LogP contribution < -0.4 is 0 Å². The molecule has 0 spiro atoms. The maximum absolute atomic E-state index is 12.0. The van der Waals surface area contributed by atoms with Crippen LogP contribution in [0.5, 0.6) is 0 Å². The van der Waals surface area contributed by atoms with Crippen molar-refractivity contribution in [3.8, 4) is 0 Å². The van der Waals surface area contributed by atoms with Gasteiger partial charge in [-0.05, 0) is 17.3 Å². The minimum atomic E-state index is -0.493. The number of aliphatic hydroxyl groups is 1. The molecule has 0 bridgehead atoms. The summed E-state index contributed by atoms with van der Waals surface area (Å²) >= 11 is 0. The van der Waals surface area contributed by atoms with E-state index in [2.05, 4.69) is 4.98 Å². The summed E-state index contributed by atoms with van der Waals surface area (Å²) in [4.78, 5) is 27.9. The fraction of sp³-hybridized carbons (Fsp3) is 0.571. The number of aromatic nitrogens is 2. The number of carbonyl (C=O) groups excluding carboxylic acids is 1. The number of aliphatic hydroxyl groups excluding tert-OH is 1. The maximum atomic E-state index is 12.0. The van der Waals surface area contributed by atoms with Crippen LogP contribution in [0.25, 0.3) is 0 Å². The molecule has 2 rings (SSSR count). The molecule has 0 fully saturated rings. The van der Waals surface area contributed by atoms with E-state index in [-0.39, 0.29) is 36.6 Å². The highest BCUT2D eigenvalue weighted by molar-refractivity contribution is 5.91. The monoisotopic (exact) mass is 308 g/mol. The molecule has 1 aromatic rings. The Morgan fingerprint density at radius 2 is 2.14 bits per heavy atom. The minimum Gasteiger partial charge on any atom is -0.510 e.